The summed E-state index contributed by atoms with van der Waals surface area (Å²) in [4.78, 5) is 10.8. The zero-order valence-electron chi connectivity index (χ0n) is 8.51. The highest BCUT2D eigenvalue weighted by Gasteiger charge is 2.09. The number of ether oxygens (including phenoxy) is 1. The van der Waals surface area contributed by atoms with Gasteiger partial charge in [0, 0.05) is 6.07 Å². The molecule has 16 heavy (non-hydrogen) atoms. The summed E-state index contributed by atoms with van der Waals surface area (Å²) in [6.07, 6.45) is -0.298. The Morgan fingerprint density at radius 1 is 1.50 bits per heavy atom. The topological polar surface area (TPSA) is 62.2 Å². The van der Waals surface area contributed by atoms with Crippen molar-refractivity contribution in [3.63, 3.8) is 0 Å². The van der Waals surface area contributed by atoms with Gasteiger partial charge < -0.3 is 10.1 Å². The lowest BCUT2D eigenvalue weighted by molar-refractivity contribution is -0.139. The number of esters is 1. The lowest BCUT2D eigenvalue weighted by Crippen LogP contribution is -2.17. The molecule has 0 unspecified atom stereocenters. The maximum Gasteiger partial charge on any atom is 0.313 e. The average Bonchev–Trinajstić information content (AvgIpc) is 2.22. The third-order valence-electron chi connectivity index (χ3n) is 1.77. The van der Waals surface area contributed by atoms with Crippen molar-refractivity contribution in [3.05, 3.63) is 29.8 Å². The first kappa shape index (κ1) is 12.1. The van der Waals surface area contributed by atoms with Gasteiger partial charge in [-0.05, 0) is 12.1 Å². The van der Waals surface area contributed by atoms with Gasteiger partial charge in [0.2, 0.25) is 0 Å². The molecule has 0 spiro atoms. The Balaban J connectivity index is 2.66. The van der Waals surface area contributed by atoms with E-state index in [-0.39, 0.29) is 17.9 Å². The number of rotatable bonds is 3. The molecule has 1 rings (SSSR count). The Morgan fingerprint density at radius 3 is 2.75 bits per heavy atom. The minimum absolute atomic E-state index is 0.0599. The first-order valence-corrected chi connectivity index (χ1v) is 4.39. The molecule has 0 fully saturated rings. The summed E-state index contributed by atoms with van der Waals surface area (Å²) in [5.41, 5.74) is -0.0599. The maximum absolute atomic E-state index is 13.1. The van der Waals surface area contributed by atoms with Crippen molar-refractivity contribution in [3.8, 4) is 0 Å². The number of carbonyl (C=O) groups excluding carboxylic acids is 1. The van der Waals surface area contributed by atoms with Gasteiger partial charge in [-0.2, -0.15) is 0 Å². The number of halogens is 2. The van der Waals surface area contributed by atoms with E-state index in [4.69, 9.17) is 5.41 Å². The van der Waals surface area contributed by atoms with Gasteiger partial charge in [0.15, 0.2) is 0 Å². The Hall–Kier alpha value is -1.98. The van der Waals surface area contributed by atoms with Gasteiger partial charge in [-0.3, -0.25) is 10.2 Å². The number of methoxy groups -OCH3 is 1. The first-order chi connectivity index (χ1) is 7.52. The van der Waals surface area contributed by atoms with Gasteiger partial charge in [-0.1, -0.05) is 0 Å². The molecule has 1 aromatic rings. The van der Waals surface area contributed by atoms with Crippen LogP contribution >= 0.6 is 0 Å². The predicted octanol–water partition coefficient (Wildman–Crippen LogP) is 1.92. The highest BCUT2D eigenvalue weighted by Crippen LogP contribution is 2.15. The predicted molar refractivity (Wildman–Crippen MR) is 54.3 cm³/mol. The van der Waals surface area contributed by atoms with Crippen LogP contribution in [-0.4, -0.2) is 18.9 Å². The summed E-state index contributed by atoms with van der Waals surface area (Å²) >= 11 is 0. The third kappa shape index (κ3) is 3.30. The molecule has 0 saturated heterocycles. The number of nitrogens with one attached hydrogen (secondary N) is 2. The second-order valence-corrected chi connectivity index (χ2v) is 2.98. The highest BCUT2D eigenvalue weighted by molar-refractivity contribution is 6.03. The number of amidine groups is 1. The fraction of sp³-hybridized carbons (Fsp3) is 0.200. The number of hydrogen-bond donors (Lipinski definition) is 2. The van der Waals surface area contributed by atoms with Gasteiger partial charge in [0.25, 0.3) is 0 Å². The maximum atomic E-state index is 13.1. The number of anilines is 1. The molecule has 86 valence electrons. The lowest BCUT2D eigenvalue weighted by Gasteiger charge is -2.07. The number of carbonyl (C=O) groups is 1. The van der Waals surface area contributed by atoms with Crippen LogP contribution in [0, 0.1) is 17.0 Å². The molecule has 0 amide bonds. The van der Waals surface area contributed by atoms with Crippen molar-refractivity contribution in [1.82, 2.24) is 0 Å². The van der Waals surface area contributed by atoms with Crippen LogP contribution in [0.15, 0.2) is 18.2 Å². The fourth-order valence-electron chi connectivity index (χ4n) is 1.01. The van der Waals surface area contributed by atoms with Crippen molar-refractivity contribution in [1.29, 1.82) is 5.41 Å². The van der Waals surface area contributed by atoms with Gasteiger partial charge in [-0.25, -0.2) is 8.78 Å². The van der Waals surface area contributed by atoms with E-state index in [1.54, 1.807) is 0 Å². The Labute approximate surface area is 90.7 Å². The normalized spacial score (nSPS) is 9.69. The van der Waals surface area contributed by atoms with Crippen LogP contribution in [0.5, 0.6) is 0 Å². The van der Waals surface area contributed by atoms with E-state index in [1.165, 1.54) is 7.11 Å². The molecule has 0 aliphatic heterocycles. The molecule has 4 nitrogen and oxygen atoms in total. The summed E-state index contributed by atoms with van der Waals surface area (Å²) < 4.78 is 30.0. The zero-order valence-corrected chi connectivity index (χ0v) is 8.51. The molecule has 0 atom stereocenters. The van der Waals surface area contributed by atoms with Crippen LogP contribution in [0.25, 0.3) is 0 Å². The van der Waals surface area contributed by atoms with E-state index in [9.17, 15) is 13.6 Å². The average molecular weight is 228 g/mol. The second-order valence-electron chi connectivity index (χ2n) is 2.98. The first-order valence-electron chi connectivity index (χ1n) is 4.39. The summed E-state index contributed by atoms with van der Waals surface area (Å²) in [6, 6.07) is 2.89. The fourth-order valence-corrected chi connectivity index (χ4v) is 1.01. The molecular weight excluding hydrogens is 218 g/mol. The molecule has 0 aromatic heterocycles. The smallest absolute Gasteiger partial charge is 0.313 e. The molecule has 0 heterocycles. The SMILES string of the molecule is COC(=O)CC(=N)Nc1ccc(F)cc1F. The van der Waals surface area contributed by atoms with Crippen LogP contribution in [0.4, 0.5) is 14.5 Å². The van der Waals surface area contributed by atoms with E-state index in [1.807, 2.05) is 0 Å². The summed E-state index contributed by atoms with van der Waals surface area (Å²) in [5, 5.41) is 9.68. The zero-order chi connectivity index (χ0) is 12.1. The van der Waals surface area contributed by atoms with Crippen molar-refractivity contribution < 1.29 is 18.3 Å². The van der Waals surface area contributed by atoms with Crippen LogP contribution in [0.2, 0.25) is 0 Å². The van der Waals surface area contributed by atoms with E-state index >= 15 is 0 Å². The van der Waals surface area contributed by atoms with Crippen molar-refractivity contribution >= 4 is 17.5 Å². The number of hydrogen-bond acceptors (Lipinski definition) is 3. The van der Waals surface area contributed by atoms with Crippen LogP contribution in [-0.2, 0) is 9.53 Å². The quantitative estimate of drug-likeness (QED) is 0.472. The van der Waals surface area contributed by atoms with Gasteiger partial charge in [0.1, 0.15) is 23.9 Å². The van der Waals surface area contributed by atoms with E-state index in [0.717, 1.165) is 12.1 Å². The van der Waals surface area contributed by atoms with Crippen LogP contribution in [0.3, 0.4) is 0 Å². The van der Waals surface area contributed by atoms with Crippen molar-refractivity contribution in [2.75, 3.05) is 12.4 Å². The molecule has 6 heteroatoms. The summed E-state index contributed by atoms with van der Waals surface area (Å²) in [7, 11) is 1.19. The molecular formula is C10H10F2N2O2. The lowest BCUT2D eigenvalue weighted by atomic mass is 10.3. The Kier molecular flexibility index (Phi) is 3.93. The Morgan fingerprint density at radius 2 is 2.19 bits per heavy atom. The molecule has 0 bridgehead atoms. The molecule has 2 N–H and O–H groups in total. The van der Waals surface area contributed by atoms with E-state index in [2.05, 4.69) is 10.1 Å². The van der Waals surface area contributed by atoms with Crippen LogP contribution < -0.4 is 5.32 Å². The molecule has 1 aromatic carbocycles. The monoisotopic (exact) mass is 228 g/mol. The summed E-state index contributed by atoms with van der Waals surface area (Å²) in [6.45, 7) is 0. The van der Waals surface area contributed by atoms with Gasteiger partial charge in [0.05, 0.1) is 12.8 Å². The third-order valence-corrected chi connectivity index (χ3v) is 1.77. The largest absolute Gasteiger partial charge is 0.469 e. The minimum Gasteiger partial charge on any atom is -0.469 e. The van der Waals surface area contributed by atoms with Gasteiger partial charge in [-0.15, -0.1) is 0 Å². The number of benzene rings is 1. The van der Waals surface area contributed by atoms with Crippen molar-refractivity contribution in [2.24, 2.45) is 0 Å². The molecule has 0 radical (unpaired) electrons. The Bertz CT molecular complexity index is 421. The standard InChI is InChI=1S/C10H10F2N2O2/c1-16-10(15)5-9(13)14-8-3-2-6(11)4-7(8)12/h2-4H,5H2,1H3,(H2,13,14). The van der Waals surface area contributed by atoms with Gasteiger partial charge >= 0.3 is 5.97 Å². The van der Waals surface area contributed by atoms with Crippen molar-refractivity contribution in [2.45, 2.75) is 6.42 Å². The molecule has 0 saturated carbocycles. The van der Waals surface area contributed by atoms with E-state index < -0.39 is 17.6 Å². The van der Waals surface area contributed by atoms with Crippen LogP contribution in [0.1, 0.15) is 6.42 Å². The summed E-state index contributed by atoms with van der Waals surface area (Å²) in [5.74, 6) is -2.37. The van der Waals surface area contributed by atoms with E-state index in [0.29, 0.717) is 6.07 Å². The minimum atomic E-state index is -0.824. The second kappa shape index (κ2) is 5.20. The molecule has 0 aliphatic rings. The molecule has 0 aliphatic carbocycles. The highest BCUT2D eigenvalue weighted by atomic mass is 19.1.